The lowest BCUT2D eigenvalue weighted by atomic mass is 10.1. The topological polar surface area (TPSA) is 71.5 Å². The van der Waals surface area contributed by atoms with Gasteiger partial charge in [-0.25, -0.2) is 4.98 Å². The quantitative estimate of drug-likeness (QED) is 0.857. The number of carbonyl (C=O) groups is 2. The maximum absolute atomic E-state index is 12.8. The summed E-state index contributed by atoms with van der Waals surface area (Å²) in [5.74, 6) is 0.929. The zero-order chi connectivity index (χ0) is 17.4. The molecule has 2 atom stereocenters. The van der Waals surface area contributed by atoms with Gasteiger partial charge in [0.2, 0.25) is 11.8 Å². The van der Waals surface area contributed by atoms with Crippen molar-refractivity contribution in [2.24, 2.45) is 0 Å². The van der Waals surface area contributed by atoms with Crippen LogP contribution in [0, 0.1) is 0 Å². The number of rotatable bonds is 3. The molecule has 6 nitrogen and oxygen atoms in total. The average molecular weight is 402 g/mol. The third-order valence-corrected chi connectivity index (χ3v) is 5.04. The van der Waals surface area contributed by atoms with Crippen LogP contribution >= 0.6 is 15.9 Å². The molecular weight excluding hydrogens is 386 g/mol. The number of fused-ring (bicyclic) bond motifs is 2. The van der Waals surface area contributed by atoms with E-state index in [1.54, 1.807) is 41.4 Å². The van der Waals surface area contributed by atoms with E-state index in [9.17, 15) is 9.59 Å². The monoisotopic (exact) mass is 401 g/mol. The first-order valence-corrected chi connectivity index (χ1v) is 8.91. The highest BCUT2D eigenvalue weighted by Crippen LogP contribution is 2.29. The Kier molecular flexibility index (Phi) is 4.17. The van der Waals surface area contributed by atoms with E-state index in [0.717, 1.165) is 17.3 Å². The highest BCUT2D eigenvalue weighted by atomic mass is 79.9. The molecule has 2 unspecified atom stereocenters. The molecule has 0 saturated carbocycles. The molecule has 25 heavy (non-hydrogen) atoms. The molecule has 0 spiro atoms. The summed E-state index contributed by atoms with van der Waals surface area (Å²) in [6.45, 7) is 0.539. The molecule has 7 heteroatoms. The smallest absolute Gasteiger partial charge is 0.254 e. The number of amides is 2. The minimum atomic E-state index is -0.339. The Morgan fingerprint density at radius 3 is 2.72 bits per heavy atom. The molecule has 2 fully saturated rings. The van der Waals surface area contributed by atoms with Gasteiger partial charge >= 0.3 is 0 Å². The molecule has 2 amide bonds. The Labute approximate surface area is 153 Å². The maximum Gasteiger partial charge on any atom is 0.254 e. The summed E-state index contributed by atoms with van der Waals surface area (Å²) in [7, 11) is 0. The number of nitrogens with one attached hydrogen (secondary N) is 1. The van der Waals surface area contributed by atoms with Gasteiger partial charge in [0, 0.05) is 28.8 Å². The number of hydrogen-bond acceptors (Lipinski definition) is 4. The van der Waals surface area contributed by atoms with Gasteiger partial charge in [-0.2, -0.15) is 0 Å². The van der Waals surface area contributed by atoms with Gasteiger partial charge in [-0.15, -0.1) is 0 Å². The van der Waals surface area contributed by atoms with Gasteiger partial charge in [-0.05, 0) is 59.1 Å². The Hall–Kier alpha value is -2.41. The van der Waals surface area contributed by atoms with E-state index < -0.39 is 0 Å². The lowest BCUT2D eigenvalue weighted by Crippen LogP contribution is -2.57. The highest BCUT2D eigenvalue weighted by Gasteiger charge is 2.44. The van der Waals surface area contributed by atoms with E-state index in [-0.39, 0.29) is 23.9 Å². The molecule has 1 aromatic heterocycles. The van der Waals surface area contributed by atoms with Gasteiger partial charge in [0.25, 0.3) is 5.91 Å². The van der Waals surface area contributed by atoms with Crippen LogP contribution in [-0.2, 0) is 4.79 Å². The second-order valence-electron chi connectivity index (χ2n) is 6.15. The molecule has 1 aromatic carbocycles. The van der Waals surface area contributed by atoms with Crippen LogP contribution in [0.15, 0.2) is 47.1 Å². The van der Waals surface area contributed by atoms with Gasteiger partial charge < -0.3 is 15.0 Å². The normalized spacial score (nSPS) is 21.8. The molecule has 128 valence electrons. The van der Waals surface area contributed by atoms with E-state index in [4.69, 9.17) is 4.74 Å². The van der Waals surface area contributed by atoms with E-state index in [2.05, 4.69) is 26.2 Å². The van der Waals surface area contributed by atoms with Crippen LogP contribution in [0.4, 0.5) is 0 Å². The van der Waals surface area contributed by atoms with E-state index in [0.29, 0.717) is 23.7 Å². The second kappa shape index (κ2) is 6.48. The van der Waals surface area contributed by atoms with Crippen LogP contribution in [-0.4, -0.2) is 40.3 Å². The predicted octanol–water partition coefficient (Wildman–Crippen LogP) is 2.74. The van der Waals surface area contributed by atoms with Crippen LogP contribution < -0.4 is 10.1 Å². The molecule has 0 aliphatic carbocycles. The van der Waals surface area contributed by atoms with Gasteiger partial charge in [0.1, 0.15) is 11.8 Å². The highest BCUT2D eigenvalue weighted by molar-refractivity contribution is 9.10. The standard InChI is InChI=1S/C18H16BrN3O3/c19-12-3-8-16(20-9-12)25-14-5-1-11(2-6-14)18(24)22-13-4-7-15(22)17(23)21-10-13/h1-3,5-6,8-9,13,15H,4,7,10H2,(H,21,23). The van der Waals surface area contributed by atoms with Crippen LogP contribution in [0.25, 0.3) is 0 Å². The van der Waals surface area contributed by atoms with E-state index >= 15 is 0 Å². The van der Waals surface area contributed by atoms with Gasteiger partial charge in [-0.1, -0.05) is 0 Å². The van der Waals surface area contributed by atoms with Crippen LogP contribution in [0.5, 0.6) is 11.6 Å². The Morgan fingerprint density at radius 1 is 1.20 bits per heavy atom. The number of ether oxygens (including phenoxy) is 1. The first-order valence-electron chi connectivity index (χ1n) is 8.11. The summed E-state index contributed by atoms with van der Waals surface area (Å²) < 4.78 is 6.54. The fraction of sp³-hybridized carbons (Fsp3) is 0.278. The van der Waals surface area contributed by atoms with Gasteiger partial charge in [-0.3, -0.25) is 9.59 Å². The van der Waals surface area contributed by atoms with Crippen molar-refractivity contribution < 1.29 is 14.3 Å². The summed E-state index contributed by atoms with van der Waals surface area (Å²) in [6.07, 6.45) is 3.26. The first kappa shape index (κ1) is 16.1. The van der Waals surface area contributed by atoms with Crippen molar-refractivity contribution in [2.75, 3.05) is 6.54 Å². The molecule has 1 N–H and O–H groups in total. The molecule has 2 aliphatic heterocycles. The number of aromatic nitrogens is 1. The molecule has 4 rings (SSSR count). The molecular formula is C18H16BrN3O3. The number of piperazine rings is 1. The lowest BCUT2D eigenvalue weighted by molar-refractivity contribution is -0.127. The fourth-order valence-corrected chi connectivity index (χ4v) is 3.58. The molecule has 2 aromatic rings. The van der Waals surface area contributed by atoms with Gasteiger partial charge in [0.05, 0.1) is 6.04 Å². The Morgan fingerprint density at radius 2 is 2.00 bits per heavy atom. The number of nitrogens with zero attached hydrogens (tertiary/aromatic N) is 2. The van der Waals surface area contributed by atoms with Gasteiger partial charge in [0.15, 0.2) is 0 Å². The van der Waals surface area contributed by atoms with Crippen molar-refractivity contribution in [1.29, 1.82) is 0 Å². The van der Waals surface area contributed by atoms with Crippen molar-refractivity contribution in [2.45, 2.75) is 24.9 Å². The Balaban J connectivity index is 1.49. The third-order valence-electron chi connectivity index (χ3n) is 4.58. The molecule has 2 bridgehead atoms. The minimum Gasteiger partial charge on any atom is -0.439 e. The second-order valence-corrected chi connectivity index (χ2v) is 7.06. The molecule has 0 radical (unpaired) electrons. The summed E-state index contributed by atoms with van der Waals surface area (Å²) in [5, 5.41) is 2.86. The first-order chi connectivity index (χ1) is 12.1. The fourth-order valence-electron chi connectivity index (χ4n) is 3.34. The summed E-state index contributed by atoms with van der Waals surface area (Å²) in [6, 6.07) is 10.3. The number of benzene rings is 1. The van der Waals surface area contributed by atoms with Crippen LogP contribution in [0.3, 0.4) is 0 Å². The van der Waals surface area contributed by atoms with Crippen molar-refractivity contribution >= 4 is 27.7 Å². The summed E-state index contributed by atoms with van der Waals surface area (Å²) in [4.78, 5) is 30.6. The number of carbonyl (C=O) groups excluding carboxylic acids is 2. The maximum atomic E-state index is 12.8. The van der Waals surface area contributed by atoms with Crippen molar-refractivity contribution in [3.05, 3.63) is 52.6 Å². The number of halogens is 1. The SMILES string of the molecule is O=C1NCC2CCC1N2C(=O)c1ccc(Oc2ccc(Br)cn2)cc1. The minimum absolute atomic E-state index is 0.0524. The lowest BCUT2D eigenvalue weighted by Gasteiger charge is -2.34. The van der Waals surface area contributed by atoms with Crippen LogP contribution in [0.1, 0.15) is 23.2 Å². The predicted molar refractivity (Wildman–Crippen MR) is 94.4 cm³/mol. The van der Waals surface area contributed by atoms with E-state index in [1.807, 2.05) is 6.07 Å². The van der Waals surface area contributed by atoms with Crippen LogP contribution in [0.2, 0.25) is 0 Å². The van der Waals surface area contributed by atoms with E-state index in [1.165, 1.54) is 0 Å². The summed E-state index contributed by atoms with van der Waals surface area (Å²) >= 11 is 3.32. The largest absolute Gasteiger partial charge is 0.439 e. The number of pyridine rings is 1. The molecule has 2 saturated heterocycles. The third kappa shape index (κ3) is 3.11. The zero-order valence-electron chi connectivity index (χ0n) is 13.3. The zero-order valence-corrected chi connectivity index (χ0v) is 14.9. The van der Waals surface area contributed by atoms with Crippen molar-refractivity contribution in [1.82, 2.24) is 15.2 Å². The number of hydrogen-bond donors (Lipinski definition) is 1. The Bertz CT molecular complexity index is 807. The van der Waals surface area contributed by atoms with Crippen molar-refractivity contribution in [3.8, 4) is 11.6 Å². The molecule has 2 aliphatic rings. The molecule has 3 heterocycles. The van der Waals surface area contributed by atoms with Crippen molar-refractivity contribution in [3.63, 3.8) is 0 Å². The average Bonchev–Trinajstić information content (AvgIpc) is 2.97. The summed E-state index contributed by atoms with van der Waals surface area (Å²) in [5.41, 5.74) is 0.558.